The topological polar surface area (TPSA) is 68.4 Å². The lowest BCUT2D eigenvalue weighted by atomic mass is 10.1. The second-order valence-corrected chi connectivity index (χ2v) is 3.66. The highest BCUT2D eigenvalue weighted by Gasteiger charge is 2.39. The number of esters is 1. The van der Waals surface area contributed by atoms with Crippen LogP contribution in [0.4, 0.5) is 26.3 Å². The van der Waals surface area contributed by atoms with E-state index >= 15 is 0 Å². The SMILES string of the molecule is COC(=O)Cc1cc(OC(F)(F)F)[nH]c(=O)c1C(F)(F)F. The molecule has 1 aromatic heterocycles. The summed E-state index contributed by atoms with van der Waals surface area (Å²) in [6, 6.07) is 0.272. The van der Waals surface area contributed by atoms with Gasteiger partial charge in [0, 0.05) is 6.07 Å². The number of H-pyrrole nitrogens is 1. The molecule has 5 nitrogen and oxygen atoms in total. The molecule has 1 aromatic rings. The highest BCUT2D eigenvalue weighted by atomic mass is 19.4. The average Bonchev–Trinajstić information content (AvgIpc) is 2.23. The predicted molar refractivity (Wildman–Crippen MR) is 54.5 cm³/mol. The molecule has 0 atom stereocenters. The lowest BCUT2D eigenvalue weighted by molar-refractivity contribution is -0.276. The Kier molecular flexibility index (Phi) is 4.54. The minimum Gasteiger partial charge on any atom is -0.469 e. The number of nitrogens with one attached hydrogen (secondary N) is 1. The standard InChI is InChI=1S/C10H7F6NO4/c1-20-6(18)3-4-2-5(21-10(14,15)16)17-8(19)7(4)9(11,12)13/h2H,3H2,1H3,(H,17,19). The van der Waals surface area contributed by atoms with Crippen LogP contribution in [0.5, 0.6) is 5.88 Å². The fraction of sp³-hybridized carbons (Fsp3) is 0.400. The van der Waals surface area contributed by atoms with Crippen molar-refractivity contribution in [2.75, 3.05) is 7.11 Å². The molecular formula is C10H7F6NO4. The summed E-state index contributed by atoms with van der Waals surface area (Å²) in [4.78, 5) is 23.6. The van der Waals surface area contributed by atoms with Gasteiger partial charge >= 0.3 is 18.5 Å². The summed E-state index contributed by atoms with van der Waals surface area (Å²) in [5, 5.41) is 0. The van der Waals surface area contributed by atoms with Crippen molar-refractivity contribution in [2.45, 2.75) is 19.0 Å². The molecule has 1 N–H and O–H groups in total. The third-order valence-electron chi connectivity index (χ3n) is 2.16. The van der Waals surface area contributed by atoms with Crippen molar-refractivity contribution in [2.24, 2.45) is 0 Å². The monoisotopic (exact) mass is 319 g/mol. The third-order valence-corrected chi connectivity index (χ3v) is 2.16. The maximum atomic E-state index is 12.7. The van der Waals surface area contributed by atoms with Crippen LogP contribution in [0.1, 0.15) is 11.1 Å². The molecule has 0 aromatic carbocycles. The van der Waals surface area contributed by atoms with Crippen LogP contribution in [0.3, 0.4) is 0 Å². The number of ether oxygens (including phenoxy) is 2. The molecule has 21 heavy (non-hydrogen) atoms. The Labute approximate surface area is 112 Å². The van der Waals surface area contributed by atoms with Crippen LogP contribution < -0.4 is 10.3 Å². The number of aromatic amines is 1. The van der Waals surface area contributed by atoms with Crippen LogP contribution in [-0.2, 0) is 22.1 Å². The Morgan fingerprint density at radius 3 is 2.24 bits per heavy atom. The molecule has 0 fully saturated rings. The van der Waals surface area contributed by atoms with Gasteiger partial charge in [0.05, 0.1) is 13.5 Å². The second kappa shape index (κ2) is 5.66. The van der Waals surface area contributed by atoms with Gasteiger partial charge in [0.2, 0.25) is 5.88 Å². The lowest BCUT2D eigenvalue weighted by Gasteiger charge is -2.14. The average molecular weight is 319 g/mol. The van der Waals surface area contributed by atoms with E-state index in [0.29, 0.717) is 0 Å². The molecular weight excluding hydrogens is 312 g/mol. The summed E-state index contributed by atoms with van der Waals surface area (Å²) >= 11 is 0. The third kappa shape index (κ3) is 4.68. The number of carbonyl (C=O) groups excluding carboxylic acids is 1. The molecule has 0 bridgehead atoms. The fourth-order valence-corrected chi connectivity index (χ4v) is 1.44. The van der Waals surface area contributed by atoms with E-state index in [2.05, 4.69) is 9.47 Å². The summed E-state index contributed by atoms with van der Waals surface area (Å²) in [5.74, 6) is -2.43. The van der Waals surface area contributed by atoms with Gasteiger partial charge in [-0.3, -0.25) is 14.6 Å². The van der Waals surface area contributed by atoms with Crippen LogP contribution in [0.25, 0.3) is 0 Å². The Hall–Kier alpha value is -2.20. The number of carbonyl (C=O) groups is 1. The molecule has 11 heteroatoms. The van der Waals surface area contributed by atoms with E-state index in [4.69, 9.17) is 0 Å². The summed E-state index contributed by atoms with van der Waals surface area (Å²) in [6.45, 7) is 0. The Balaban J connectivity index is 3.39. The minimum atomic E-state index is -5.22. The van der Waals surface area contributed by atoms with Gasteiger partial charge in [0.15, 0.2) is 0 Å². The maximum Gasteiger partial charge on any atom is 0.574 e. The van der Waals surface area contributed by atoms with E-state index in [1.165, 1.54) is 4.98 Å². The number of alkyl halides is 6. The molecule has 1 rings (SSSR count). The number of aromatic nitrogens is 1. The first-order valence-electron chi connectivity index (χ1n) is 5.10. The van der Waals surface area contributed by atoms with Crippen LogP contribution in [0.2, 0.25) is 0 Å². The van der Waals surface area contributed by atoms with E-state index in [9.17, 15) is 35.9 Å². The Morgan fingerprint density at radius 1 is 1.24 bits per heavy atom. The molecule has 0 aliphatic carbocycles. The molecule has 0 spiro atoms. The molecule has 0 unspecified atom stereocenters. The van der Waals surface area contributed by atoms with Gasteiger partial charge in [-0.25, -0.2) is 0 Å². The van der Waals surface area contributed by atoms with Gasteiger partial charge in [0.1, 0.15) is 5.56 Å². The van der Waals surface area contributed by atoms with Crippen LogP contribution in [0, 0.1) is 0 Å². The van der Waals surface area contributed by atoms with Gasteiger partial charge in [0.25, 0.3) is 5.56 Å². The van der Waals surface area contributed by atoms with Crippen molar-refractivity contribution in [3.63, 3.8) is 0 Å². The second-order valence-electron chi connectivity index (χ2n) is 3.66. The van der Waals surface area contributed by atoms with E-state index < -0.39 is 47.5 Å². The van der Waals surface area contributed by atoms with E-state index in [0.717, 1.165) is 7.11 Å². The molecule has 1 heterocycles. The van der Waals surface area contributed by atoms with Crippen molar-refractivity contribution in [3.8, 4) is 5.88 Å². The highest BCUT2D eigenvalue weighted by molar-refractivity contribution is 5.73. The predicted octanol–water partition coefficient (Wildman–Crippen LogP) is 2.01. The lowest BCUT2D eigenvalue weighted by Crippen LogP contribution is -2.27. The Morgan fingerprint density at radius 2 is 1.81 bits per heavy atom. The number of rotatable bonds is 3. The van der Waals surface area contributed by atoms with Crippen molar-refractivity contribution in [1.29, 1.82) is 0 Å². The van der Waals surface area contributed by atoms with Crippen LogP contribution >= 0.6 is 0 Å². The van der Waals surface area contributed by atoms with Crippen molar-refractivity contribution in [1.82, 2.24) is 4.98 Å². The summed E-state index contributed by atoms with van der Waals surface area (Å²) in [6.07, 6.45) is -11.4. The minimum absolute atomic E-state index is 0.272. The van der Waals surface area contributed by atoms with Gasteiger partial charge in [-0.15, -0.1) is 13.2 Å². The molecule has 0 saturated heterocycles. The number of hydrogen-bond acceptors (Lipinski definition) is 4. The van der Waals surface area contributed by atoms with E-state index in [1.807, 2.05) is 0 Å². The molecule has 0 radical (unpaired) electrons. The van der Waals surface area contributed by atoms with Crippen LogP contribution in [0.15, 0.2) is 10.9 Å². The maximum absolute atomic E-state index is 12.7. The molecule has 0 amide bonds. The first kappa shape index (κ1) is 16.9. The zero-order valence-corrected chi connectivity index (χ0v) is 10.2. The van der Waals surface area contributed by atoms with Crippen LogP contribution in [-0.4, -0.2) is 24.4 Å². The number of hydrogen-bond donors (Lipinski definition) is 1. The van der Waals surface area contributed by atoms with Gasteiger partial charge in [-0.2, -0.15) is 13.2 Å². The number of halogens is 6. The van der Waals surface area contributed by atoms with Crippen molar-refractivity contribution in [3.05, 3.63) is 27.5 Å². The smallest absolute Gasteiger partial charge is 0.469 e. The highest BCUT2D eigenvalue weighted by Crippen LogP contribution is 2.31. The van der Waals surface area contributed by atoms with E-state index in [-0.39, 0.29) is 6.07 Å². The zero-order valence-electron chi connectivity index (χ0n) is 10.2. The normalized spacial score (nSPS) is 12.1. The van der Waals surface area contributed by atoms with Crippen molar-refractivity contribution >= 4 is 5.97 Å². The first-order valence-corrected chi connectivity index (χ1v) is 5.10. The van der Waals surface area contributed by atoms with Gasteiger partial charge in [-0.05, 0) is 5.56 Å². The molecule has 118 valence electrons. The zero-order chi connectivity index (χ0) is 16.4. The summed E-state index contributed by atoms with van der Waals surface area (Å²) < 4.78 is 81.6. The Bertz CT molecular complexity index is 589. The largest absolute Gasteiger partial charge is 0.574 e. The fourth-order valence-electron chi connectivity index (χ4n) is 1.44. The molecule has 0 saturated carbocycles. The summed E-state index contributed by atoms with van der Waals surface area (Å²) in [5.41, 5.74) is -4.64. The summed E-state index contributed by atoms with van der Waals surface area (Å²) in [7, 11) is 0.871. The van der Waals surface area contributed by atoms with E-state index in [1.54, 1.807) is 0 Å². The molecule has 0 aliphatic heterocycles. The number of methoxy groups -OCH3 is 1. The first-order chi connectivity index (χ1) is 9.44. The quantitative estimate of drug-likeness (QED) is 0.683. The molecule has 0 aliphatic rings. The van der Waals surface area contributed by atoms with Gasteiger partial charge < -0.3 is 9.47 Å². The number of pyridine rings is 1. The van der Waals surface area contributed by atoms with Gasteiger partial charge in [-0.1, -0.05) is 0 Å². The van der Waals surface area contributed by atoms with Crippen molar-refractivity contribution < 1.29 is 40.6 Å².